The molecule has 0 saturated carbocycles. The van der Waals surface area contributed by atoms with Crippen molar-refractivity contribution in [3.8, 4) is 11.5 Å². The zero-order valence-corrected chi connectivity index (χ0v) is 14.6. The molecule has 25 heavy (non-hydrogen) atoms. The lowest BCUT2D eigenvalue weighted by atomic mass is 10.2. The average molecular weight is 363 g/mol. The Bertz CT molecular complexity index is 758. The van der Waals surface area contributed by atoms with Gasteiger partial charge in [0, 0.05) is 0 Å². The molecule has 0 atom stereocenters. The largest absolute Gasteiger partial charge is 0.464 e. The van der Waals surface area contributed by atoms with Crippen LogP contribution in [0.1, 0.15) is 19.4 Å². The van der Waals surface area contributed by atoms with Crippen LogP contribution < -0.4 is 9.47 Å². The van der Waals surface area contributed by atoms with Gasteiger partial charge in [0.25, 0.3) is 11.1 Å². The number of amides is 2. The second kappa shape index (κ2) is 7.18. The highest BCUT2D eigenvalue weighted by atomic mass is 32.2. The van der Waals surface area contributed by atoms with Crippen molar-refractivity contribution in [2.24, 2.45) is 5.92 Å². The first-order valence-corrected chi connectivity index (χ1v) is 8.56. The second-order valence-electron chi connectivity index (χ2n) is 5.96. The number of carbonyl (C=O) groups excluding carboxylic acids is 3. The maximum absolute atomic E-state index is 12.4. The molecule has 7 nitrogen and oxygen atoms in total. The summed E-state index contributed by atoms with van der Waals surface area (Å²) in [6, 6.07) is 5.23. The zero-order chi connectivity index (χ0) is 18.0. The molecule has 2 heterocycles. The quantitative estimate of drug-likeness (QED) is 0.587. The van der Waals surface area contributed by atoms with Crippen molar-refractivity contribution in [1.29, 1.82) is 0 Å². The predicted molar refractivity (Wildman–Crippen MR) is 91.0 cm³/mol. The van der Waals surface area contributed by atoms with E-state index >= 15 is 0 Å². The van der Waals surface area contributed by atoms with E-state index in [1.807, 2.05) is 13.8 Å². The molecule has 1 aromatic carbocycles. The molecule has 0 spiro atoms. The second-order valence-corrected chi connectivity index (χ2v) is 6.95. The van der Waals surface area contributed by atoms with Gasteiger partial charge < -0.3 is 14.2 Å². The minimum atomic E-state index is -0.597. The van der Waals surface area contributed by atoms with E-state index in [2.05, 4.69) is 0 Å². The van der Waals surface area contributed by atoms with Gasteiger partial charge in [-0.3, -0.25) is 19.3 Å². The number of hydrogen-bond acceptors (Lipinski definition) is 7. The lowest BCUT2D eigenvalue weighted by Gasteiger charge is -2.12. The van der Waals surface area contributed by atoms with Crippen LogP contribution >= 0.6 is 11.8 Å². The Kier molecular flexibility index (Phi) is 4.98. The summed E-state index contributed by atoms with van der Waals surface area (Å²) in [5.74, 6) is 0.308. The molecule has 2 aliphatic rings. The Hall–Kier alpha value is -2.48. The summed E-state index contributed by atoms with van der Waals surface area (Å²) in [5, 5.41) is -0.488. The molecular formula is C17H17NO6S. The summed E-state index contributed by atoms with van der Waals surface area (Å²) in [6.45, 7) is 3.84. The van der Waals surface area contributed by atoms with Crippen molar-refractivity contribution in [3.05, 3.63) is 28.7 Å². The number of esters is 1. The molecule has 0 radical (unpaired) electrons. The van der Waals surface area contributed by atoms with E-state index in [1.54, 1.807) is 24.3 Å². The van der Waals surface area contributed by atoms with Gasteiger partial charge in [-0.05, 0) is 41.5 Å². The summed E-state index contributed by atoms with van der Waals surface area (Å²) < 4.78 is 15.5. The first-order valence-electron chi connectivity index (χ1n) is 7.74. The number of nitrogens with zero attached hydrogens (tertiary/aromatic N) is 1. The van der Waals surface area contributed by atoms with Gasteiger partial charge in [-0.25, -0.2) is 0 Å². The van der Waals surface area contributed by atoms with Crippen molar-refractivity contribution in [2.45, 2.75) is 13.8 Å². The maximum atomic E-state index is 12.4. The standard InChI is InChI=1S/C17H17NO6S/c1-10(2)8-22-15(19)7-18-16(20)14(25-17(18)21)6-11-3-4-12-13(5-11)24-9-23-12/h3-6,10H,7-9H2,1-2H3/b14-6+. The van der Waals surface area contributed by atoms with Crippen LogP contribution in [0.4, 0.5) is 4.79 Å². The molecule has 8 heteroatoms. The fourth-order valence-electron chi connectivity index (χ4n) is 2.22. The average Bonchev–Trinajstić information content (AvgIpc) is 3.13. The van der Waals surface area contributed by atoms with Gasteiger partial charge in [0.15, 0.2) is 11.5 Å². The molecule has 0 aromatic heterocycles. The van der Waals surface area contributed by atoms with E-state index in [1.165, 1.54) is 0 Å². The molecule has 1 fully saturated rings. The number of carbonyl (C=O) groups is 3. The third kappa shape index (κ3) is 3.96. The summed E-state index contributed by atoms with van der Waals surface area (Å²) in [4.78, 5) is 37.3. The molecule has 2 amide bonds. The number of ether oxygens (including phenoxy) is 3. The smallest absolute Gasteiger partial charge is 0.326 e. The van der Waals surface area contributed by atoms with Crippen LogP contribution in [0.2, 0.25) is 0 Å². The molecular weight excluding hydrogens is 346 g/mol. The first kappa shape index (κ1) is 17.3. The lowest BCUT2D eigenvalue weighted by Crippen LogP contribution is -2.34. The van der Waals surface area contributed by atoms with E-state index in [4.69, 9.17) is 14.2 Å². The minimum Gasteiger partial charge on any atom is -0.464 e. The number of thioether (sulfide) groups is 1. The normalized spacial score (nSPS) is 17.7. The Morgan fingerprint density at radius 2 is 2.08 bits per heavy atom. The van der Waals surface area contributed by atoms with Gasteiger partial charge in [-0.1, -0.05) is 19.9 Å². The summed E-state index contributed by atoms with van der Waals surface area (Å²) in [6.07, 6.45) is 1.59. The van der Waals surface area contributed by atoms with E-state index in [0.717, 1.165) is 16.7 Å². The van der Waals surface area contributed by atoms with Gasteiger partial charge in [-0.2, -0.15) is 0 Å². The Morgan fingerprint density at radius 3 is 2.84 bits per heavy atom. The SMILES string of the molecule is CC(C)COC(=O)CN1C(=O)S/C(=C/c2ccc3c(c2)OCO3)C1=O. The lowest BCUT2D eigenvalue weighted by molar-refractivity contribution is -0.147. The molecule has 132 valence electrons. The Morgan fingerprint density at radius 1 is 1.32 bits per heavy atom. The van der Waals surface area contributed by atoms with Crippen LogP contribution in [0.15, 0.2) is 23.1 Å². The van der Waals surface area contributed by atoms with Crippen molar-refractivity contribution in [2.75, 3.05) is 19.9 Å². The van der Waals surface area contributed by atoms with Crippen LogP contribution in [-0.2, 0) is 14.3 Å². The molecule has 1 aromatic rings. The summed E-state index contributed by atoms with van der Waals surface area (Å²) in [7, 11) is 0. The monoisotopic (exact) mass is 363 g/mol. The van der Waals surface area contributed by atoms with Crippen LogP contribution in [0.25, 0.3) is 6.08 Å². The van der Waals surface area contributed by atoms with Gasteiger partial charge in [0.1, 0.15) is 6.54 Å². The Labute approximate surface area is 148 Å². The van der Waals surface area contributed by atoms with Crippen LogP contribution in [0, 0.1) is 5.92 Å². The van der Waals surface area contributed by atoms with Crippen molar-refractivity contribution in [3.63, 3.8) is 0 Å². The van der Waals surface area contributed by atoms with E-state index in [0.29, 0.717) is 17.1 Å². The molecule has 0 aliphatic carbocycles. The topological polar surface area (TPSA) is 82.1 Å². The Balaban J connectivity index is 1.69. The van der Waals surface area contributed by atoms with E-state index in [9.17, 15) is 14.4 Å². The van der Waals surface area contributed by atoms with Gasteiger partial charge in [0.05, 0.1) is 11.5 Å². The van der Waals surface area contributed by atoms with Crippen LogP contribution in [0.3, 0.4) is 0 Å². The van der Waals surface area contributed by atoms with Gasteiger partial charge in [0.2, 0.25) is 6.79 Å². The minimum absolute atomic E-state index is 0.161. The molecule has 2 aliphatic heterocycles. The van der Waals surface area contributed by atoms with E-state index < -0.39 is 17.1 Å². The molecule has 3 rings (SSSR count). The fraction of sp³-hybridized carbons (Fsp3) is 0.353. The van der Waals surface area contributed by atoms with Crippen molar-refractivity contribution >= 4 is 35.0 Å². The third-order valence-electron chi connectivity index (χ3n) is 3.43. The van der Waals surface area contributed by atoms with Crippen LogP contribution in [-0.4, -0.2) is 42.0 Å². The fourth-order valence-corrected chi connectivity index (χ4v) is 3.06. The van der Waals surface area contributed by atoms with Crippen molar-refractivity contribution < 1.29 is 28.6 Å². The highest BCUT2D eigenvalue weighted by Gasteiger charge is 2.36. The third-order valence-corrected chi connectivity index (χ3v) is 4.34. The van der Waals surface area contributed by atoms with Gasteiger partial charge in [-0.15, -0.1) is 0 Å². The number of fused-ring (bicyclic) bond motifs is 1. The summed E-state index contributed by atoms with van der Waals surface area (Å²) in [5.41, 5.74) is 0.706. The van der Waals surface area contributed by atoms with Gasteiger partial charge >= 0.3 is 5.97 Å². The maximum Gasteiger partial charge on any atom is 0.326 e. The van der Waals surface area contributed by atoms with Crippen molar-refractivity contribution in [1.82, 2.24) is 4.90 Å². The number of hydrogen-bond donors (Lipinski definition) is 0. The van der Waals surface area contributed by atoms with E-state index in [-0.39, 0.29) is 30.8 Å². The first-order chi connectivity index (χ1) is 11.9. The predicted octanol–water partition coefficient (Wildman–Crippen LogP) is 2.65. The van der Waals surface area contributed by atoms with Crippen LogP contribution in [0.5, 0.6) is 11.5 Å². The zero-order valence-electron chi connectivity index (χ0n) is 13.8. The number of benzene rings is 1. The number of rotatable bonds is 5. The number of imide groups is 1. The summed E-state index contributed by atoms with van der Waals surface area (Å²) >= 11 is 0.795. The molecule has 0 bridgehead atoms. The highest BCUT2D eigenvalue weighted by molar-refractivity contribution is 8.18. The highest BCUT2D eigenvalue weighted by Crippen LogP contribution is 2.36. The molecule has 0 N–H and O–H groups in total. The molecule has 1 saturated heterocycles. The molecule has 0 unspecified atom stereocenters.